The van der Waals surface area contributed by atoms with Gasteiger partial charge in [-0.25, -0.2) is 4.98 Å². The Bertz CT molecular complexity index is 1140. The molecule has 0 aliphatic carbocycles. The van der Waals surface area contributed by atoms with Crippen molar-refractivity contribution in [1.82, 2.24) is 30.7 Å². The third kappa shape index (κ3) is 4.27. The lowest BCUT2D eigenvalue weighted by Crippen LogP contribution is -2.62. The van der Waals surface area contributed by atoms with Gasteiger partial charge < -0.3 is 15.3 Å². The van der Waals surface area contributed by atoms with Crippen molar-refractivity contribution in [2.45, 2.75) is 57.7 Å². The first-order valence-corrected chi connectivity index (χ1v) is 10.6. The molecule has 0 spiro atoms. The Labute approximate surface area is 187 Å². The van der Waals surface area contributed by atoms with Gasteiger partial charge in [-0.05, 0) is 58.2 Å². The molecule has 1 aliphatic heterocycles. The second-order valence-electron chi connectivity index (χ2n) is 9.71. The summed E-state index contributed by atoms with van der Waals surface area (Å²) in [6, 6.07) is 7.44. The van der Waals surface area contributed by atoms with Gasteiger partial charge in [-0.1, -0.05) is 6.07 Å². The smallest absolute Gasteiger partial charge is 0.185 e. The van der Waals surface area contributed by atoms with Crippen LogP contribution in [0.5, 0.6) is 5.75 Å². The van der Waals surface area contributed by atoms with Crippen LogP contribution >= 0.6 is 0 Å². The van der Waals surface area contributed by atoms with Crippen LogP contribution in [-0.4, -0.2) is 54.7 Å². The van der Waals surface area contributed by atoms with E-state index in [0.29, 0.717) is 40.1 Å². The van der Waals surface area contributed by atoms with Gasteiger partial charge in [0, 0.05) is 29.7 Å². The number of benzene rings is 1. The third-order valence-electron chi connectivity index (χ3n) is 5.93. The van der Waals surface area contributed by atoms with Crippen LogP contribution in [0.2, 0.25) is 0 Å². The molecular formula is C23H28N8O. The van der Waals surface area contributed by atoms with Gasteiger partial charge in [-0.3, -0.25) is 5.10 Å². The minimum atomic E-state index is 0.0114. The molecule has 32 heavy (non-hydrogen) atoms. The number of hydrogen-bond acceptors (Lipinski definition) is 8. The number of phenolic OH excluding ortho intramolecular Hbond substituents is 1. The first-order valence-electron chi connectivity index (χ1n) is 10.6. The number of nitriles is 1. The van der Waals surface area contributed by atoms with E-state index >= 15 is 0 Å². The van der Waals surface area contributed by atoms with E-state index in [1.165, 1.54) is 0 Å². The molecule has 1 saturated heterocycles. The molecule has 4 rings (SSSR count). The van der Waals surface area contributed by atoms with Gasteiger partial charge in [0.25, 0.3) is 0 Å². The Morgan fingerprint density at radius 2 is 1.81 bits per heavy atom. The normalized spacial score (nSPS) is 17.6. The first kappa shape index (κ1) is 21.7. The van der Waals surface area contributed by atoms with Crippen LogP contribution in [0.15, 0.2) is 30.6 Å². The molecule has 9 nitrogen and oxygen atoms in total. The van der Waals surface area contributed by atoms with Crippen molar-refractivity contribution in [2.24, 2.45) is 0 Å². The third-order valence-corrected chi connectivity index (χ3v) is 5.93. The second kappa shape index (κ2) is 7.88. The van der Waals surface area contributed by atoms with Crippen LogP contribution in [0, 0.1) is 11.3 Å². The molecule has 0 bridgehead atoms. The summed E-state index contributed by atoms with van der Waals surface area (Å²) in [6.45, 7) is 8.88. The Morgan fingerprint density at radius 3 is 2.41 bits per heavy atom. The molecule has 0 saturated carbocycles. The summed E-state index contributed by atoms with van der Waals surface area (Å²) in [4.78, 5) is 6.60. The molecule has 3 N–H and O–H groups in total. The molecule has 9 heteroatoms. The van der Waals surface area contributed by atoms with Gasteiger partial charge in [-0.2, -0.15) is 10.4 Å². The van der Waals surface area contributed by atoms with Gasteiger partial charge in [0.2, 0.25) is 0 Å². The highest BCUT2D eigenvalue weighted by atomic mass is 16.3. The number of H-pyrrole nitrogens is 1. The van der Waals surface area contributed by atoms with Crippen LogP contribution in [0.25, 0.3) is 22.5 Å². The molecule has 0 atom stereocenters. The molecule has 1 aliphatic rings. The van der Waals surface area contributed by atoms with E-state index in [1.54, 1.807) is 30.6 Å². The Hall–Kier alpha value is -3.51. The standard InChI is InChI=1S/C23H28N8O/c1-22(2)9-15(10-23(3,4)30-22)31(5)20-13-25-21(29-28-20)16-7-6-14(8-19(16)32)17-12-26-27-18(17)11-24/h6-8,12-13,15,30,32H,9-10H2,1-5H3,(H,26,27). The van der Waals surface area contributed by atoms with E-state index in [4.69, 9.17) is 0 Å². The topological polar surface area (TPSA) is 127 Å². The molecule has 166 valence electrons. The Kier molecular flexibility index (Phi) is 5.34. The SMILES string of the molecule is CN(c1cnc(-c2ccc(-c3cn[nH]c3C#N)cc2O)nn1)C1CC(C)(C)NC(C)(C)C1. The lowest BCUT2D eigenvalue weighted by Gasteiger charge is -2.49. The van der Waals surface area contributed by atoms with Crippen LogP contribution in [0.4, 0.5) is 5.82 Å². The molecule has 0 amide bonds. The summed E-state index contributed by atoms with van der Waals surface area (Å²) >= 11 is 0. The summed E-state index contributed by atoms with van der Waals surface area (Å²) < 4.78 is 0. The fraction of sp³-hybridized carbons (Fsp3) is 0.435. The second-order valence-corrected chi connectivity index (χ2v) is 9.71. The Morgan fingerprint density at radius 1 is 1.09 bits per heavy atom. The summed E-state index contributed by atoms with van der Waals surface area (Å²) in [6.07, 6.45) is 5.22. The van der Waals surface area contributed by atoms with Crippen molar-refractivity contribution in [3.8, 4) is 34.3 Å². The quantitative estimate of drug-likeness (QED) is 0.573. The number of aromatic amines is 1. The first-order chi connectivity index (χ1) is 15.1. The summed E-state index contributed by atoms with van der Waals surface area (Å²) in [5.74, 6) is 1.04. The number of anilines is 1. The maximum Gasteiger partial charge on any atom is 0.185 e. The van der Waals surface area contributed by atoms with E-state index < -0.39 is 0 Å². The highest BCUT2D eigenvalue weighted by Gasteiger charge is 2.39. The van der Waals surface area contributed by atoms with E-state index in [-0.39, 0.29) is 16.8 Å². The Balaban J connectivity index is 1.56. The van der Waals surface area contributed by atoms with Gasteiger partial charge in [0.05, 0.1) is 18.0 Å². The van der Waals surface area contributed by atoms with Crippen molar-refractivity contribution in [1.29, 1.82) is 5.26 Å². The largest absolute Gasteiger partial charge is 0.507 e. The van der Waals surface area contributed by atoms with Crippen LogP contribution in [0.1, 0.15) is 46.2 Å². The van der Waals surface area contributed by atoms with Gasteiger partial charge in [0.1, 0.15) is 17.5 Å². The van der Waals surface area contributed by atoms with Crippen molar-refractivity contribution in [3.05, 3.63) is 36.3 Å². The number of aromatic nitrogens is 5. The van der Waals surface area contributed by atoms with E-state index in [2.05, 4.69) is 69.4 Å². The zero-order valence-electron chi connectivity index (χ0n) is 19.0. The molecule has 0 unspecified atom stereocenters. The zero-order valence-corrected chi connectivity index (χ0v) is 19.0. The monoisotopic (exact) mass is 432 g/mol. The molecule has 3 heterocycles. The zero-order chi connectivity index (χ0) is 23.1. The lowest BCUT2D eigenvalue weighted by atomic mass is 9.79. The molecule has 3 aromatic rings. The van der Waals surface area contributed by atoms with Crippen molar-refractivity contribution < 1.29 is 5.11 Å². The number of hydrogen-bond donors (Lipinski definition) is 3. The fourth-order valence-corrected chi connectivity index (χ4v) is 4.76. The minimum absolute atomic E-state index is 0.0114. The molecule has 1 aromatic carbocycles. The van der Waals surface area contributed by atoms with E-state index in [9.17, 15) is 10.4 Å². The number of nitrogens with zero attached hydrogens (tertiary/aromatic N) is 6. The maximum atomic E-state index is 10.6. The number of piperidine rings is 1. The molecule has 2 aromatic heterocycles. The van der Waals surface area contributed by atoms with Gasteiger partial charge in [0.15, 0.2) is 11.6 Å². The van der Waals surface area contributed by atoms with Gasteiger partial charge in [-0.15, -0.1) is 10.2 Å². The average molecular weight is 433 g/mol. The number of nitrogens with one attached hydrogen (secondary N) is 2. The molecular weight excluding hydrogens is 404 g/mol. The summed E-state index contributed by atoms with van der Waals surface area (Å²) in [5.41, 5.74) is 2.16. The lowest BCUT2D eigenvalue weighted by molar-refractivity contribution is 0.160. The minimum Gasteiger partial charge on any atom is -0.507 e. The van der Waals surface area contributed by atoms with Gasteiger partial charge >= 0.3 is 0 Å². The highest BCUT2D eigenvalue weighted by Crippen LogP contribution is 2.34. The van der Waals surface area contributed by atoms with Crippen LogP contribution in [-0.2, 0) is 0 Å². The van der Waals surface area contributed by atoms with Crippen molar-refractivity contribution in [2.75, 3.05) is 11.9 Å². The number of rotatable bonds is 4. The van der Waals surface area contributed by atoms with E-state index in [0.717, 1.165) is 12.8 Å². The predicted octanol–water partition coefficient (Wildman–Crippen LogP) is 3.25. The van der Waals surface area contributed by atoms with E-state index in [1.807, 2.05) is 7.05 Å². The molecule has 0 radical (unpaired) electrons. The average Bonchev–Trinajstić information content (AvgIpc) is 3.20. The molecule has 1 fully saturated rings. The number of aromatic hydroxyl groups is 1. The summed E-state index contributed by atoms with van der Waals surface area (Å²) in [5, 5.41) is 38.6. The summed E-state index contributed by atoms with van der Waals surface area (Å²) in [7, 11) is 2.03. The maximum absolute atomic E-state index is 10.6. The fourth-order valence-electron chi connectivity index (χ4n) is 4.76. The van der Waals surface area contributed by atoms with Crippen LogP contribution in [0.3, 0.4) is 0 Å². The van der Waals surface area contributed by atoms with Crippen molar-refractivity contribution in [3.63, 3.8) is 0 Å². The number of phenols is 1. The highest BCUT2D eigenvalue weighted by molar-refractivity contribution is 5.74. The van der Waals surface area contributed by atoms with Crippen LogP contribution < -0.4 is 10.2 Å². The van der Waals surface area contributed by atoms with Crippen molar-refractivity contribution >= 4 is 5.82 Å². The predicted molar refractivity (Wildman–Crippen MR) is 122 cm³/mol.